The molecule has 1 saturated carbocycles. The first kappa shape index (κ1) is 13.7. The van der Waals surface area contributed by atoms with E-state index in [4.69, 9.17) is 17.3 Å². The van der Waals surface area contributed by atoms with Gasteiger partial charge in [-0.2, -0.15) is 0 Å². The fourth-order valence-corrected chi connectivity index (χ4v) is 3.46. The summed E-state index contributed by atoms with van der Waals surface area (Å²) < 4.78 is 15.7. The molecule has 0 spiro atoms. The number of nitrogen functional groups attached to an aromatic ring is 1. The predicted molar refractivity (Wildman–Crippen MR) is 80.4 cm³/mol. The monoisotopic (exact) mass is 295 g/mol. The third-order valence-electron chi connectivity index (χ3n) is 4.52. The average molecular weight is 296 g/mol. The number of halogens is 2. The van der Waals surface area contributed by atoms with E-state index >= 15 is 0 Å². The molecule has 0 unspecified atom stereocenters. The van der Waals surface area contributed by atoms with E-state index in [1.165, 1.54) is 25.3 Å². The molecular formula is C15H19ClFN3. The zero-order chi connectivity index (χ0) is 14.3. The van der Waals surface area contributed by atoms with Gasteiger partial charge in [0.2, 0.25) is 5.95 Å². The van der Waals surface area contributed by atoms with Gasteiger partial charge in [-0.1, -0.05) is 24.9 Å². The van der Waals surface area contributed by atoms with Crippen molar-refractivity contribution in [1.29, 1.82) is 0 Å². The molecule has 1 aliphatic carbocycles. The maximum atomic E-state index is 13.7. The van der Waals surface area contributed by atoms with E-state index in [1.54, 1.807) is 6.07 Å². The maximum Gasteiger partial charge on any atom is 0.201 e. The topological polar surface area (TPSA) is 43.8 Å². The molecule has 0 saturated heterocycles. The van der Waals surface area contributed by atoms with Gasteiger partial charge >= 0.3 is 0 Å². The Morgan fingerprint density at radius 1 is 1.35 bits per heavy atom. The van der Waals surface area contributed by atoms with Crippen LogP contribution in [0.1, 0.15) is 45.1 Å². The molecule has 2 aromatic rings. The number of fused-ring (bicyclic) bond motifs is 1. The van der Waals surface area contributed by atoms with Gasteiger partial charge < -0.3 is 10.3 Å². The van der Waals surface area contributed by atoms with Crippen molar-refractivity contribution >= 4 is 28.6 Å². The molecule has 5 heteroatoms. The summed E-state index contributed by atoms with van der Waals surface area (Å²) in [5, 5.41) is 0.0943. The Morgan fingerprint density at radius 2 is 2.05 bits per heavy atom. The molecule has 0 radical (unpaired) electrons. The minimum Gasteiger partial charge on any atom is -0.369 e. The van der Waals surface area contributed by atoms with Crippen LogP contribution in [0.25, 0.3) is 11.0 Å². The highest BCUT2D eigenvalue weighted by atomic mass is 35.5. The lowest BCUT2D eigenvalue weighted by molar-refractivity contribution is 0.275. The molecule has 2 N–H and O–H groups in total. The lowest BCUT2D eigenvalue weighted by Crippen LogP contribution is -2.19. The predicted octanol–water partition coefficient (Wildman–Crippen LogP) is 4.55. The standard InChI is InChI=1S/C15H19ClFN3/c1-2-9-3-5-10(6-4-9)20-14-8-12(17)11(16)7-13(14)19-15(20)18/h7-10H,2-6H2,1H3,(H2,18,19). The summed E-state index contributed by atoms with van der Waals surface area (Å²) in [4.78, 5) is 4.32. The van der Waals surface area contributed by atoms with Crippen LogP contribution >= 0.6 is 11.6 Å². The highest BCUT2D eigenvalue weighted by Crippen LogP contribution is 2.37. The third-order valence-corrected chi connectivity index (χ3v) is 4.81. The van der Waals surface area contributed by atoms with E-state index in [0.29, 0.717) is 17.5 Å². The highest BCUT2D eigenvalue weighted by molar-refractivity contribution is 6.31. The van der Waals surface area contributed by atoms with Crippen molar-refractivity contribution in [2.75, 3.05) is 5.73 Å². The molecule has 1 heterocycles. The molecule has 3 nitrogen and oxygen atoms in total. The minimum atomic E-state index is -0.414. The van der Waals surface area contributed by atoms with Crippen LogP contribution in [0.5, 0.6) is 0 Å². The number of hydrogen-bond acceptors (Lipinski definition) is 2. The van der Waals surface area contributed by atoms with Crippen LogP contribution in [0, 0.1) is 11.7 Å². The first-order valence-electron chi connectivity index (χ1n) is 7.22. The number of benzene rings is 1. The van der Waals surface area contributed by atoms with Gasteiger partial charge in [0.25, 0.3) is 0 Å². The van der Waals surface area contributed by atoms with E-state index < -0.39 is 5.82 Å². The zero-order valence-electron chi connectivity index (χ0n) is 11.6. The summed E-state index contributed by atoms with van der Waals surface area (Å²) in [6.07, 6.45) is 5.81. The molecule has 1 aromatic carbocycles. The molecular weight excluding hydrogens is 277 g/mol. The SMILES string of the molecule is CCC1CCC(n2c(N)nc3cc(Cl)c(F)cc32)CC1. The van der Waals surface area contributed by atoms with Crippen molar-refractivity contribution in [3.05, 3.63) is 23.0 Å². The lowest BCUT2D eigenvalue weighted by Gasteiger charge is -2.29. The van der Waals surface area contributed by atoms with Gasteiger partial charge in [-0.25, -0.2) is 9.37 Å². The third kappa shape index (κ3) is 2.26. The smallest absolute Gasteiger partial charge is 0.201 e. The largest absolute Gasteiger partial charge is 0.369 e. The van der Waals surface area contributed by atoms with Crippen molar-refractivity contribution in [2.45, 2.75) is 45.1 Å². The minimum absolute atomic E-state index is 0.0943. The molecule has 0 amide bonds. The van der Waals surface area contributed by atoms with Gasteiger partial charge in [0.1, 0.15) is 5.82 Å². The fourth-order valence-electron chi connectivity index (χ4n) is 3.30. The summed E-state index contributed by atoms with van der Waals surface area (Å²) in [6, 6.07) is 3.33. The van der Waals surface area contributed by atoms with Gasteiger partial charge in [-0.15, -0.1) is 0 Å². The Bertz CT molecular complexity index is 630. The van der Waals surface area contributed by atoms with E-state index in [2.05, 4.69) is 11.9 Å². The van der Waals surface area contributed by atoms with Crippen molar-refractivity contribution < 1.29 is 4.39 Å². The second kappa shape index (κ2) is 5.24. The maximum absolute atomic E-state index is 13.7. The lowest BCUT2D eigenvalue weighted by atomic mass is 9.84. The first-order valence-corrected chi connectivity index (χ1v) is 7.60. The molecule has 20 heavy (non-hydrogen) atoms. The number of nitrogens with two attached hydrogens (primary N) is 1. The van der Waals surface area contributed by atoms with Gasteiger partial charge in [-0.05, 0) is 37.7 Å². The summed E-state index contributed by atoms with van der Waals surface area (Å²) in [7, 11) is 0. The normalized spacial score (nSPS) is 23.4. The van der Waals surface area contributed by atoms with Crippen molar-refractivity contribution in [1.82, 2.24) is 9.55 Å². The van der Waals surface area contributed by atoms with Crippen LogP contribution in [0.2, 0.25) is 5.02 Å². The fraction of sp³-hybridized carbons (Fsp3) is 0.533. The molecule has 1 aliphatic rings. The van der Waals surface area contributed by atoms with Crippen LogP contribution in [0.4, 0.5) is 10.3 Å². The number of rotatable bonds is 2. The average Bonchev–Trinajstić information content (AvgIpc) is 2.75. The van der Waals surface area contributed by atoms with Gasteiger partial charge in [-0.3, -0.25) is 0 Å². The summed E-state index contributed by atoms with van der Waals surface area (Å²) >= 11 is 5.81. The number of nitrogens with zero attached hydrogens (tertiary/aromatic N) is 2. The van der Waals surface area contributed by atoms with E-state index in [0.717, 1.165) is 24.3 Å². The van der Waals surface area contributed by atoms with Crippen LogP contribution in [-0.2, 0) is 0 Å². The Balaban J connectivity index is 1.99. The number of hydrogen-bond donors (Lipinski definition) is 1. The molecule has 0 atom stereocenters. The van der Waals surface area contributed by atoms with Crippen LogP contribution in [-0.4, -0.2) is 9.55 Å². The summed E-state index contributed by atoms with van der Waals surface area (Å²) in [6.45, 7) is 2.24. The Morgan fingerprint density at radius 3 is 2.70 bits per heavy atom. The summed E-state index contributed by atoms with van der Waals surface area (Å²) in [5.74, 6) is 0.859. The van der Waals surface area contributed by atoms with Crippen LogP contribution in [0.15, 0.2) is 12.1 Å². The van der Waals surface area contributed by atoms with E-state index in [-0.39, 0.29) is 5.02 Å². The number of anilines is 1. The Kier molecular flexibility index (Phi) is 3.59. The molecule has 108 valence electrons. The first-order chi connectivity index (χ1) is 9.60. The van der Waals surface area contributed by atoms with Crippen molar-refractivity contribution in [2.24, 2.45) is 5.92 Å². The molecule has 0 bridgehead atoms. The highest BCUT2D eigenvalue weighted by Gasteiger charge is 2.24. The summed E-state index contributed by atoms with van der Waals surface area (Å²) in [5.41, 5.74) is 7.46. The molecule has 0 aliphatic heterocycles. The second-order valence-corrected chi connectivity index (χ2v) is 6.09. The van der Waals surface area contributed by atoms with Gasteiger partial charge in [0, 0.05) is 12.1 Å². The van der Waals surface area contributed by atoms with E-state index in [1.807, 2.05) is 4.57 Å². The Hall–Kier alpha value is -1.29. The van der Waals surface area contributed by atoms with Gasteiger partial charge in [0.15, 0.2) is 0 Å². The second-order valence-electron chi connectivity index (χ2n) is 5.68. The van der Waals surface area contributed by atoms with Gasteiger partial charge in [0.05, 0.1) is 16.1 Å². The molecule has 3 rings (SSSR count). The number of aromatic nitrogens is 2. The van der Waals surface area contributed by atoms with Crippen LogP contribution in [0.3, 0.4) is 0 Å². The number of imidazole rings is 1. The van der Waals surface area contributed by atoms with Crippen LogP contribution < -0.4 is 5.73 Å². The molecule has 1 aromatic heterocycles. The van der Waals surface area contributed by atoms with Crippen molar-refractivity contribution in [3.8, 4) is 0 Å². The molecule has 1 fully saturated rings. The van der Waals surface area contributed by atoms with E-state index in [9.17, 15) is 4.39 Å². The Labute approximate surface area is 122 Å². The zero-order valence-corrected chi connectivity index (χ0v) is 12.3. The quantitative estimate of drug-likeness (QED) is 0.883. The van der Waals surface area contributed by atoms with Crippen molar-refractivity contribution in [3.63, 3.8) is 0 Å².